The van der Waals surface area contributed by atoms with Crippen LogP contribution in [0.4, 0.5) is 0 Å². The van der Waals surface area contributed by atoms with E-state index in [1.807, 2.05) is 43.1 Å². The second-order valence-corrected chi connectivity index (χ2v) is 5.51. The highest BCUT2D eigenvalue weighted by molar-refractivity contribution is 5.76. The van der Waals surface area contributed by atoms with Crippen molar-refractivity contribution in [3.63, 3.8) is 0 Å². The first kappa shape index (κ1) is 16.6. The molecule has 0 aromatic heterocycles. The first-order valence-corrected chi connectivity index (χ1v) is 8.02. The van der Waals surface area contributed by atoms with Crippen molar-refractivity contribution in [2.45, 2.75) is 32.2 Å². The van der Waals surface area contributed by atoms with Gasteiger partial charge in [-0.15, -0.1) is 0 Å². The summed E-state index contributed by atoms with van der Waals surface area (Å²) in [4.78, 5) is 14.0. The molecular formula is C17H26N2O3. The third kappa shape index (κ3) is 4.91. The molecule has 5 nitrogen and oxygen atoms in total. The molecule has 0 radical (unpaired) electrons. The maximum atomic E-state index is 12.1. The van der Waals surface area contributed by atoms with Gasteiger partial charge >= 0.3 is 0 Å². The Morgan fingerprint density at radius 2 is 1.95 bits per heavy atom. The fraction of sp³-hybridized carbons (Fsp3) is 0.588. The van der Waals surface area contributed by atoms with E-state index in [1.165, 1.54) is 0 Å². The van der Waals surface area contributed by atoms with Crippen LogP contribution in [0.5, 0.6) is 11.5 Å². The Kier molecular flexibility index (Phi) is 6.52. The molecule has 1 atom stereocenters. The zero-order valence-electron chi connectivity index (χ0n) is 13.5. The molecule has 1 aliphatic rings. The van der Waals surface area contributed by atoms with Gasteiger partial charge in [0.05, 0.1) is 13.2 Å². The van der Waals surface area contributed by atoms with Gasteiger partial charge in [0.25, 0.3) is 0 Å². The van der Waals surface area contributed by atoms with Gasteiger partial charge in [-0.3, -0.25) is 4.79 Å². The SMILES string of the molecule is CCOc1ccc(OCCCC(=O)N(C)C2CCNC2)cc1. The third-order valence-electron chi connectivity index (χ3n) is 3.91. The summed E-state index contributed by atoms with van der Waals surface area (Å²) in [6.45, 7) is 5.08. The molecule has 0 saturated carbocycles. The molecule has 1 aromatic rings. The Morgan fingerprint density at radius 3 is 2.55 bits per heavy atom. The van der Waals surface area contributed by atoms with E-state index in [-0.39, 0.29) is 5.91 Å². The summed E-state index contributed by atoms with van der Waals surface area (Å²) in [5.41, 5.74) is 0. The van der Waals surface area contributed by atoms with Crippen LogP contribution in [0.2, 0.25) is 0 Å². The minimum atomic E-state index is 0.198. The molecule has 5 heteroatoms. The highest BCUT2D eigenvalue weighted by Crippen LogP contribution is 2.18. The third-order valence-corrected chi connectivity index (χ3v) is 3.91. The quantitative estimate of drug-likeness (QED) is 0.747. The Morgan fingerprint density at radius 1 is 1.27 bits per heavy atom. The Balaban J connectivity index is 1.64. The molecule has 1 aromatic carbocycles. The van der Waals surface area contributed by atoms with Crippen LogP contribution in [0.15, 0.2) is 24.3 Å². The fourth-order valence-corrected chi connectivity index (χ4v) is 2.56. The normalized spacial score (nSPS) is 17.3. The largest absolute Gasteiger partial charge is 0.494 e. The summed E-state index contributed by atoms with van der Waals surface area (Å²) < 4.78 is 11.0. The van der Waals surface area contributed by atoms with E-state index in [1.54, 1.807) is 0 Å². The number of carbonyl (C=O) groups is 1. The van der Waals surface area contributed by atoms with Gasteiger partial charge in [0.2, 0.25) is 5.91 Å². The van der Waals surface area contributed by atoms with Crippen LogP contribution in [0.3, 0.4) is 0 Å². The van der Waals surface area contributed by atoms with Crippen LogP contribution in [0.25, 0.3) is 0 Å². The molecular weight excluding hydrogens is 280 g/mol. The minimum Gasteiger partial charge on any atom is -0.494 e. The second-order valence-electron chi connectivity index (χ2n) is 5.51. The van der Waals surface area contributed by atoms with Crippen molar-refractivity contribution in [3.05, 3.63) is 24.3 Å². The molecule has 0 aliphatic carbocycles. The average Bonchev–Trinajstić information content (AvgIpc) is 3.07. The summed E-state index contributed by atoms with van der Waals surface area (Å²) in [5, 5.41) is 3.28. The summed E-state index contributed by atoms with van der Waals surface area (Å²) in [5.74, 6) is 1.85. The van der Waals surface area contributed by atoms with Crippen molar-refractivity contribution in [2.75, 3.05) is 33.4 Å². The van der Waals surface area contributed by atoms with Crippen LogP contribution in [0, 0.1) is 0 Å². The molecule has 1 saturated heterocycles. The molecule has 1 aliphatic heterocycles. The summed E-state index contributed by atoms with van der Waals surface area (Å²) >= 11 is 0. The lowest BCUT2D eigenvalue weighted by Crippen LogP contribution is -2.38. The van der Waals surface area contributed by atoms with E-state index >= 15 is 0 Å². The molecule has 22 heavy (non-hydrogen) atoms. The molecule has 1 unspecified atom stereocenters. The Hall–Kier alpha value is -1.75. The van der Waals surface area contributed by atoms with Gasteiger partial charge in [-0.05, 0) is 50.6 Å². The number of nitrogens with zero attached hydrogens (tertiary/aromatic N) is 1. The lowest BCUT2D eigenvalue weighted by Gasteiger charge is -2.23. The highest BCUT2D eigenvalue weighted by Gasteiger charge is 2.22. The van der Waals surface area contributed by atoms with Crippen molar-refractivity contribution in [2.24, 2.45) is 0 Å². The second kappa shape index (κ2) is 8.63. The van der Waals surface area contributed by atoms with Crippen LogP contribution >= 0.6 is 0 Å². The van der Waals surface area contributed by atoms with Crippen molar-refractivity contribution in [1.82, 2.24) is 10.2 Å². The zero-order valence-corrected chi connectivity index (χ0v) is 13.5. The fourth-order valence-electron chi connectivity index (χ4n) is 2.56. The highest BCUT2D eigenvalue weighted by atomic mass is 16.5. The van der Waals surface area contributed by atoms with Gasteiger partial charge in [0.15, 0.2) is 0 Å². The van der Waals surface area contributed by atoms with Crippen molar-refractivity contribution in [1.29, 1.82) is 0 Å². The number of nitrogens with one attached hydrogen (secondary N) is 1. The van der Waals surface area contributed by atoms with Crippen LogP contribution in [0.1, 0.15) is 26.2 Å². The van der Waals surface area contributed by atoms with Gasteiger partial charge in [0, 0.05) is 26.1 Å². The zero-order chi connectivity index (χ0) is 15.8. The molecule has 122 valence electrons. The van der Waals surface area contributed by atoms with Crippen LogP contribution in [-0.2, 0) is 4.79 Å². The van der Waals surface area contributed by atoms with Gasteiger partial charge in [-0.1, -0.05) is 0 Å². The van der Waals surface area contributed by atoms with Crippen molar-refractivity contribution >= 4 is 5.91 Å². The van der Waals surface area contributed by atoms with Gasteiger partial charge in [0.1, 0.15) is 11.5 Å². The maximum Gasteiger partial charge on any atom is 0.222 e. The first-order valence-electron chi connectivity index (χ1n) is 8.02. The van der Waals surface area contributed by atoms with E-state index in [0.29, 0.717) is 25.7 Å². The van der Waals surface area contributed by atoms with E-state index in [4.69, 9.17) is 9.47 Å². The molecule has 1 N–H and O–H groups in total. The smallest absolute Gasteiger partial charge is 0.222 e. The number of ether oxygens (including phenoxy) is 2. The number of hydrogen-bond acceptors (Lipinski definition) is 4. The van der Waals surface area contributed by atoms with E-state index in [9.17, 15) is 4.79 Å². The molecule has 0 bridgehead atoms. The summed E-state index contributed by atoms with van der Waals surface area (Å²) in [6.07, 6.45) is 2.31. The first-order chi connectivity index (χ1) is 10.7. The van der Waals surface area contributed by atoms with E-state index in [2.05, 4.69) is 5.32 Å². The standard InChI is InChI=1S/C17H26N2O3/c1-3-21-15-6-8-16(9-7-15)22-12-4-5-17(20)19(2)14-10-11-18-13-14/h6-9,14,18H,3-5,10-13H2,1-2H3. The summed E-state index contributed by atoms with van der Waals surface area (Å²) in [7, 11) is 1.90. The predicted octanol–water partition coefficient (Wildman–Crippen LogP) is 2.06. The van der Waals surface area contributed by atoms with Crippen LogP contribution in [-0.4, -0.2) is 50.2 Å². The maximum absolute atomic E-state index is 12.1. The van der Waals surface area contributed by atoms with Crippen molar-refractivity contribution in [3.8, 4) is 11.5 Å². The number of hydrogen-bond donors (Lipinski definition) is 1. The summed E-state index contributed by atoms with van der Waals surface area (Å²) in [6, 6.07) is 7.92. The number of likely N-dealkylation sites (N-methyl/N-ethyl adjacent to an activating group) is 1. The lowest BCUT2D eigenvalue weighted by molar-refractivity contribution is -0.131. The van der Waals surface area contributed by atoms with Gasteiger partial charge in [-0.25, -0.2) is 0 Å². The number of rotatable bonds is 8. The van der Waals surface area contributed by atoms with Gasteiger partial charge < -0.3 is 19.7 Å². The number of carbonyl (C=O) groups excluding carboxylic acids is 1. The Bertz CT molecular complexity index is 455. The van der Waals surface area contributed by atoms with Crippen LogP contribution < -0.4 is 14.8 Å². The molecule has 1 amide bonds. The topological polar surface area (TPSA) is 50.8 Å². The molecule has 1 fully saturated rings. The number of amides is 1. The molecule has 2 rings (SSSR count). The lowest BCUT2D eigenvalue weighted by atomic mass is 10.2. The number of benzene rings is 1. The monoisotopic (exact) mass is 306 g/mol. The molecule has 0 spiro atoms. The van der Waals surface area contributed by atoms with E-state index in [0.717, 1.165) is 37.4 Å². The minimum absolute atomic E-state index is 0.198. The molecule has 1 heterocycles. The van der Waals surface area contributed by atoms with Crippen molar-refractivity contribution < 1.29 is 14.3 Å². The Labute approximate surface area is 132 Å². The predicted molar refractivity (Wildman–Crippen MR) is 86.4 cm³/mol. The van der Waals surface area contributed by atoms with Gasteiger partial charge in [-0.2, -0.15) is 0 Å². The van der Waals surface area contributed by atoms with E-state index < -0.39 is 0 Å². The average molecular weight is 306 g/mol.